The van der Waals surface area contributed by atoms with Gasteiger partial charge in [-0.3, -0.25) is 4.98 Å². The Kier molecular flexibility index (Phi) is 3.63. The minimum Gasteiger partial charge on any atom is -0.333 e. The summed E-state index contributed by atoms with van der Waals surface area (Å²) in [5.74, 6) is 0. The number of aromatic nitrogens is 2. The lowest BCUT2D eigenvalue weighted by molar-refractivity contribution is 0.805. The molecule has 1 heterocycles. The quantitative estimate of drug-likeness (QED) is 0.703. The molecule has 14 heavy (non-hydrogen) atoms. The Morgan fingerprint density at radius 3 is 2.79 bits per heavy atom. The number of rotatable bonds is 2. The molecule has 0 fully saturated rings. The van der Waals surface area contributed by atoms with E-state index in [1.807, 2.05) is 24.7 Å². The molecule has 0 saturated carbocycles. The fourth-order valence-corrected chi connectivity index (χ4v) is 1.05. The molecule has 76 valence electrons. The highest BCUT2D eigenvalue weighted by Crippen LogP contribution is 2.06. The highest BCUT2D eigenvalue weighted by molar-refractivity contribution is 5.07. The maximum atomic E-state index is 4.51. The zero-order chi connectivity index (χ0) is 10.6. The fraction of sp³-hybridized carbons (Fsp3) is 0.455. The van der Waals surface area contributed by atoms with Crippen LogP contribution >= 0.6 is 0 Å². The third-order valence-corrected chi connectivity index (χ3v) is 2.36. The molecule has 0 unspecified atom stereocenters. The van der Waals surface area contributed by atoms with Crippen molar-refractivity contribution in [2.24, 2.45) is 12.0 Å². The van der Waals surface area contributed by atoms with Gasteiger partial charge in [-0.25, -0.2) is 4.99 Å². The molecule has 1 aromatic heterocycles. The average molecular weight is 191 g/mol. The van der Waals surface area contributed by atoms with Gasteiger partial charge in [0.2, 0.25) is 0 Å². The predicted molar refractivity (Wildman–Crippen MR) is 57.4 cm³/mol. The molecule has 1 aromatic rings. The Labute approximate surface area is 84.8 Å². The van der Waals surface area contributed by atoms with E-state index in [2.05, 4.69) is 23.8 Å². The van der Waals surface area contributed by atoms with E-state index in [-0.39, 0.29) is 0 Å². The molecule has 3 heteroatoms. The highest BCUT2D eigenvalue weighted by Gasteiger charge is 1.92. The maximum absolute atomic E-state index is 4.51. The van der Waals surface area contributed by atoms with E-state index in [1.165, 1.54) is 5.57 Å². The summed E-state index contributed by atoms with van der Waals surface area (Å²) in [5.41, 5.74) is 3.28. The first-order valence-electron chi connectivity index (χ1n) is 4.83. The van der Waals surface area contributed by atoms with E-state index >= 15 is 0 Å². The van der Waals surface area contributed by atoms with Crippen LogP contribution in [0.4, 0.5) is 0 Å². The second-order valence-electron chi connectivity index (χ2n) is 3.38. The van der Waals surface area contributed by atoms with Gasteiger partial charge in [0.25, 0.3) is 0 Å². The third-order valence-electron chi connectivity index (χ3n) is 2.36. The molecule has 0 bridgehead atoms. The van der Waals surface area contributed by atoms with Crippen molar-refractivity contribution in [3.8, 4) is 0 Å². The zero-order valence-electron chi connectivity index (χ0n) is 9.28. The van der Waals surface area contributed by atoms with Gasteiger partial charge in [0.1, 0.15) is 0 Å². The number of hydrogen-bond donors (Lipinski definition) is 0. The van der Waals surface area contributed by atoms with Crippen LogP contribution in [0.1, 0.15) is 27.2 Å². The van der Waals surface area contributed by atoms with Gasteiger partial charge < -0.3 is 4.57 Å². The molecule has 0 aliphatic carbocycles. The van der Waals surface area contributed by atoms with Gasteiger partial charge in [-0.15, -0.1) is 0 Å². The molecule has 0 amide bonds. The Morgan fingerprint density at radius 1 is 1.50 bits per heavy atom. The smallest absolute Gasteiger partial charge is 0.151 e. The Morgan fingerprint density at radius 2 is 2.21 bits per heavy atom. The second-order valence-corrected chi connectivity index (χ2v) is 3.38. The molecule has 0 saturated heterocycles. The molecule has 3 nitrogen and oxygen atoms in total. The van der Waals surface area contributed by atoms with Gasteiger partial charge in [-0.1, -0.05) is 12.5 Å². The Balaban J connectivity index is 3.18. The minimum atomic E-state index is 0.887. The van der Waals surface area contributed by atoms with Gasteiger partial charge in [0.05, 0.1) is 6.20 Å². The van der Waals surface area contributed by atoms with E-state index < -0.39 is 0 Å². The van der Waals surface area contributed by atoms with E-state index in [4.69, 9.17) is 0 Å². The van der Waals surface area contributed by atoms with Crippen molar-refractivity contribution >= 4 is 0 Å². The lowest BCUT2D eigenvalue weighted by Gasteiger charge is -2.01. The standard InChI is InChI=1S/C11H17N3/c1-5-9(2)10(3)13-11-8-12-6-7-14(11)4/h6-8H,5H2,1-4H3/b10-9-,13-11-. The van der Waals surface area contributed by atoms with Gasteiger partial charge in [-0.2, -0.15) is 0 Å². The summed E-state index contributed by atoms with van der Waals surface area (Å²) in [6.45, 7) is 6.28. The lowest BCUT2D eigenvalue weighted by atomic mass is 10.2. The monoisotopic (exact) mass is 191 g/mol. The first kappa shape index (κ1) is 10.7. The van der Waals surface area contributed by atoms with Gasteiger partial charge in [-0.05, 0) is 20.3 Å². The van der Waals surface area contributed by atoms with Crippen LogP contribution in [0.25, 0.3) is 0 Å². The topological polar surface area (TPSA) is 30.2 Å². The first-order chi connectivity index (χ1) is 6.65. The number of aryl methyl sites for hydroxylation is 1. The molecule has 1 rings (SSSR count). The average Bonchev–Trinajstić information content (AvgIpc) is 2.20. The number of allylic oxidation sites excluding steroid dienone is 2. The molecule has 0 radical (unpaired) electrons. The zero-order valence-corrected chi connectivity index (χ0v) is 9.28. The first-order valence-corrected chi connectivity index (χ1v) is 4.83. The van der Waals surface area contributed by atoms with E-state index in [0.29, 0.717) is 0 Å². The van der Waals surface area contributed by atoms with Crippen molar-refractivity contribution < 1.29 is 0 Å². The van der Waals surface area contributed by atoms with Crippen molar-refractivity contribution in [3.63, 3.8) is 0 Å². The van der Waals surface area contributed by atoms with Crippen molar-refractivity contribution in [3.05, 3.63) is 35.3 Å². The summed E-state index contributed by atoms with van der Waals surface area (Å²) in [6.07, 6.45) is 6.46. The van der Waals surface area contributed by atoms with Crippen LogP contribution in [-0.4, -0.2) is 9.55 Å². The number of nitrogens with zero attached hydrogens (tertiary/aromatic N) is 3. The van der Waals surface area contributed by atoms with Gasteiger partial charge in [0, 0.05) is 25.1 Å². The summed E-state index contributed by atoms with van der Waals surface area (Å²) < 4.78 is 1.96. The van der Waals surface area contributed by atoms with Crippen LogP contribution in [0.3, 0.4) is 0 Å². The lowest BCUT2D eigenvalue weighted by Crippen LogP contribution is -2.17. The van der Waals surface area contributed by atoms with Crippen molar-refractivity contribution in [2.45, 2.75) is 27.2 Å². The Bertz CT molecular complexity index is 399. The van der Waals surface area contributed by atoms with Crippen LogP contribution in [0.2, 0.25) is 0 Å². The molecule has 0 aliphatic heterocycles. The minimum absolute atomic E-state index is 0.887. The van der Waals surface area contributed by atoms with Crippen LogP contribution in [0.15, 0.2) is 34.9 Å². The van der Waals surface area contributed by atoms with Crippen LogP contribution in [-0.2, 0) is 7.05 Å². The third kappa shape index (κ3) is 2.55. The van der Waals surface area contributed by atoms with Crippen molar-refractivity contribution in [1.82, 2.24) is 9.55 Å². The molecular formula is C11H17N3. The molecule has 0 N–H and O–H groups in total. The summed E-state index contributed by atoms with van der Waals surface area (Å²) in [5, 5.41) is 0. The van der Waals surface area contributed by atoms with E-state index in [9.17, 15) is 0 Å². The fourth-order valence-electron chi connectivity index (χ4n) is 1.05. The van der Waals surface area contributed by atoms with Gasteiger partial charge >= 0.3 is 0 Å². The second kappa shape index (κ2) is 4.74. The van der Waals surface area contributed by atoms with Crippen molar-refractivity contribution in [2.75, 3.05) is 0 Å². The number of hydrogen-bond acceptors (Lipinski definition) is 2. The SMILES string of the molecule is CC/C(C)=C(C)\N=c1\cnccn1C. The van der Waals surface area contributed by atoms with Crippen LogP contribution in [0.5, 0.6) is 0 Å². The summed E-state index contributed by atoms with van der Waals surface area (Å²) in [6, 6.07) is 0. The van der Waals surface area contributed by atoms with Gasteiger partial charge in [0.15, 0.2) is 5.49 Å². The maximum Gasteiger partial charge on any atom is 0.151 e. The van der Waals surface area contributed by atoms with Crippen LogP contribution < -0.4 is 5.49 Å². The van der Waals surface area contributed by atoms with E-state index in [0.717, 1.165) is 17.6 Å². The largest absolute Gasteiger partial charge is 0.333 e. The molecular weight excluding hydrogens is 174 g/mol. The predicted octanol–water partition coefficient (Wildman–Crippen LogP) is 2.02. The van der Waals surface area contributed by atoms with Crippen molar-refractivity contribution in [1.29, 1.82) is 0 Å². The molecule has 0 aliphatic rings. The molecule has 0 aromatic carbocycles. The molecule has 0 spiro atoms. The van der Waals surface area contributed by atoms with E-state index in [1.54, 1.807) is 12.4 Å². The normalized spacial score (nSPS) is 14.1. The highest BCUT2D eigenvalue weighted by atomic mass is 15.0. The summed E-state index contributed by atoms with van der Waals surface area (Å²) >= 11 is 0. The summed E-state index contributed by atoms with van der Waals surface area (Å²) in [4.78, 5) is 8.56. The Hall–Kier alpha value is -1.38. The summed E-state index contributed by atoms with van der Waals surface area (Å²) in [7, 11) is 1.97. The van der Waals surface area contributed by atoms with Crippen LogP contribution in [0, 0.1) is 0 Å². The molecule has 0 atom stereocenters.